The second kappa shape index (κ2) is 6.38. The van der Waals surface area contributed by atoms with Crippen molar-refractivity contribution < 1.29 is 10.0 Å². The lowest BCUT2D eigenvalue weighted by Gasteiger charge is -2.11. The number of hydrogen-bond donors (Lipinski definition) is 2. The highest BCUT2D eigenvalue weighted by atomic mass is 32.2. The third-order valence-electron chi connectivity index (χ3n) is 1.53. The van der Waals surface area contributed by atoms with Crippen LogP contribution in [0.1, 0.15) is 13.3 Å². The van der Waals surface area contributed by atoms with Crippen molar-refractivity contribution in [3.8, 4) is 11.7 Å². The number of amides is 1. The van der Waals surface area contributed by atoms with Crippen LogP contribution in [0.3, 0.4) is 0 Å². The van der Waals surface area contributed by atoms with Crippen molar-refractivity contribution in [1.29, 1.82) is 0 Å². The summed E-state index contributed by atoms with van der Waals surface area (Å²) in [4.78, 5) is 11.2. The minimum absolute atomic E-state index is 0.196. The first-order valence-corrected chi connectivity index (χ1v) is 4.58. The number of rotatable bonds is 3. The molecule has 0 bridgehead atoms. The lowest BCUT2D eigenvalue weighted by Crippen LogP contribution is -2.31. The molecule has 0 aromatic rings. The molecule has 1 amide bonds. The van der Waals surface area contributed by atoms with E-state index in [0.717, 1.165) is 11.8 Å². The standard InChI is InChI=1S/C8H12N2O2S/c1-4-6(7(11)9-3)8(10-12)13-5-2/h2,6,12H,4H2,1,3H3,(H,9,11)/b10-8-. The number of terminal acetylenes is 1. The summed E-state index contributed by atoms with van der Waals surface area (Å²) in [6.07, 6.45) is 5.58. The first-order valence-electron chi connectivity index (χ1n) is 3.77. The van der Waals surface area contributed by atoms with Crippen LogP contribution in [-0.2, 0) is 4.79 Å². The van der Waals surface area contributed by atoms with Crippen LogP contribution in [0.5, 0.6) is 0 Å². The van der Waals surface area contributed by atoms with Crippen molar-refractivity contribution >= 4 is 22.7 Å². The molecule has 0 radical (unpaired) electrons. The van der Waals surface area contributed by atoms with Gasteiger partial charge < -0.3 is 10.5 Å². The Balaban J connectivity index is 4.55. The van der Waals surface area contributed by atoms with Crippen molar-refractivity contribution in [2.75, 3.05) is 7.05 Å². The maximum atomic E-state index is 11.2. The molecule has 0 aromatic heterocycles. The Hall–Kier alpha value is -1.15. The highest BCUT2D eigenvalue weighted by Gasteiger charge is 2.22. The largest absolute Gasteiger partial charge is 0.410 e. The van der Waals surface area contributed by atoms with E-state index in [9.17, 15) is 4.79 Å². The molecule has 4 nitrogen and oxygen atoms in total. The van der Waals surface area contributed by atoms with Crippen molar-refractivity contribution in [3.63, 3.8) is 0 Å². The number of nitrogens with one attached hydrogen (secondary N) is 1. The van der Waals surface area contributed by atoms with Gasteiger partial charge >= 0.3 is 0 Å². The monoisotopic (exact) mass is 200 g/mol. The Morgan fingerprint density at radius 3 is 2.77 bits per heavy atom. The van der Waals surface area contributed by atoms with E-state index in [2.05, 4.69) is 15.7 Å². The average molecular weight is 200 g/mol. The zero-order valence-electron chi connectivity index (χ0n) is 7.57. The molecule has 0 saturated carbocycles. The second-order valence-corrected chi connectivity index (χ2v) is 3.09. The highest BCUT2D eigenvalue weighted by molar-refractivity contribution is 8.18. The van der Waals surface area contributed by atoms with Gasteiger partial charge in [0.05, 0.1) is 5.92 Å². The van der Waals surface area contributed by atoms with Crippen molar-refractivity contribution in [2.45, 2.75) is 13.3 Å². The fourth-order valence-corrected chi connectivity index (χ4v) is 1.45. The van der Waals surface area contributed by atoms with E-state index in [1.165, 1.54) is 7.05 Å². The van der Waals surface area contributed by atoms with Crippen molar-refractivity contribution in [2.24, 2.45) is 11.1 Å². The van der Waals surface area contributed by atoms with Crippen LogP contribution in [0.4, 0.5) is 0 Å². The van der Waals surface area contributed by atoms with E-state index >= 15 is 0 Å². The number of thioether (sulfide) groups is 1. The van der Waals surface area contributed by atoms with E-state index in [1.54, 1.807) is 0 Å². The third kappa shape index (κ3) is 3.38. The van der Waals surface area contributed by atoms with E-state index in [0.29, 0.717) is 6.42 Å². The van der Waals surface area contributed by atoms with Gasteiger partial charge in [-0.25, -0.2) is 0 Å². The molecule has 0 aromatic carbocycles. The predicted octanol–water partition coefficient (Wildman–Crippen LogP) is 0.870. The van der Waals surface area contributed by atoms with Gasteiger partial charge in [0, 0.05) is 7.05 Å². The lowest BCUT2D eigenvalue weighted by atomic mass is 10.1. The molecular weight excluding hydrogens is 188 g/mol. The Bertz CT molecular complexity index is 245. The van der Waals surface area contributed by atoms with Crippen LogP contribution in [0.25, 0.3) is 0 Å². The smallest absolute Gasteiger partial charge is 0.229 e. The van der Waals surface area contributed by atoms with Gasteiger partial charge in [0.25, 0.3) is 0 Å². The summed E-state index contributed by atoms with van der Waals surface area (Å²) in [6.45, 7) is 1.82. The van der Waals surface area contributed by atoms with Crippen LogP contribution < -0.4 is 5.32 Å². The number of carbonyl (C=O) groups excluding carboxylic acids is 1. The molecule has 13 heavy (non-hydrogen) atoms. The summed E-state index contributed by atoms with van der Waals surface area (Å²) in [5.74, 6) is -0.658. The summed E-state index contributed by atoms with van der Waals surface area (Å²) < 4.78 is 0. The van der Waals surface area contributed by atoms with Gasteiger partial charge in [-0.3, -0.25) is 4.79 Å². The maximum Gasteiger partial charge on any atom is 0.229 e. The summed E-state index contributed by atoms with van der Waals surface area (Å²) >= 11 is 0.920. The number of oxime groups is 1. The number of carbonyl (C=O) groups is 1. The minimum Gasteiger partial charge on any atom is -0.410 e. The molecule has 1 atom stereocenters. The molecule has 0 aliphatic rings. The molecule has 2 N–H and O–H groups in total. The van der Waals surface area contributed by atoms with Crippen LogP contribution >= 0.6 is 11.8 Å². The number of hydrogen-bond acceptors (Lipinski definition) is 4. The van der Waals surface area contributed by atoms with Gasteiger partial charge in [0.2, 0.25) is 5.91 Å². The predicted molar refractivity (Wildman–Crippen MR) is 53.5 cm³/mol. The third-order valence-corrected chi connectivity index (χ3v) is 2.22. The Labute approximate surface area is 81.8 Å². The van der Waals surface area contributed by atoms with E-state index in [-0.39, 0.29) is 11.0 Å². The zero-order chi connectivity index (χ0) is 10.3. The first-order chi connectivity index (χ1) is 6.21. The summed E-state index contributed by atoms with van der Waals surface area (Å²) in [7, 11) is 1.53. The van der Waals surface area contributed by atoms with Gasteiger partial charge in [0.15, 0.2) is 0 Å². The summed E-state index contributed by atoms with van der Waals surface area (Å²) in [6, 6.07) is 0. The van der Waals surface area contributed by atoms with Gasteiger partial charge in [-0.2, -0.15) is 0 Å². The van der Waals surface area contributed by atoms with Crippen molar-refractivity contribution in [1.82, 2.24) is 5.32 Å². The van der Waals surface area contributed by atoms with Crippen LogP contribution in [0, 0.1) is 17.6 Å². The molecular formula is C8H12N2O2S. The molecule has 0 heterocycles. The summed E-state index contributed by atoms with van der Waals surface area (Å²) in [5, 5.41) is 16.6. The SMILES string of the molecule is C#CS/C(=N\O)C(CC)C(=O)NC. The molecule has 0 spiro atoms. The van der Waals surface area contributed by atoms with E-state index in [4.69, 9.17) is 11.6 Å². The van der Waals surface area contributed by atoms with Gasteiger partial charge in [0.1, 0.15) is 5.04 Å². The second-order valence-electron chi connectivity index (χ2n) is 2.23. The Morgan fingerprint density at radius 1 is 1.85 bits per heavy atom. The van der Waals surface area contributed by atoms with Crippen LogP contribution in [-0.4, -0.2) is 23.2 Å². The first kappa shape index (κ1) is 11.8. The van der Waals surface area contributed by atoms with Gasteiger partial charge in [-0.05, 0) is 23.4 Å². The van der Waals surface area contributed by atoms with Crippen LogP contribution in [0.2, 0.25) is 0 Å². The molecule has 0 fully saturated rings. The molecule has 0 saturated heterocycles. The Kier molecular flexibility index (Phi) is 5.81. The highest BCUT2D eigenvalue weighted by Crippen LogP contribution is 2.15. The topological polar surface area (TPSA) is 61.7 Å². The van der Waals surface area contributed by atoms with Crippen molar-refractivity contribution in [3.05, 3.63) is 0 Å². The van der Waals surface area contributed by atoms with Gasteiger partial charge in [-0.1, -0.05) is 12.1 Å². The molecule has 0 aliphatic heterocycles. The fourth-order valence-electron chi connectivity index (χ4n) is 0.868. The molecule has 72 valence electrons. The normalized spacial score (nSPS) is 13.2. The molecule has 1 unspecified atom stereocenters. The van der Waals surface area contributed by atoms with Gasteiger partial charge in [-0.15, -0.1) is 6.42 Å². The number of nitrogens with zero attached hydrogens (tertiary/aromatic N) is 1. The zero-order valence-corrected chi connectivity index (χ0v) is 8.39. The molecule has 5 heteroatoms. The van der Waals surface area contributed by atoms with Crippen LogP contribution in [0.15, 0.2) is 5.16 Å². The fraction of sp³-hybridized carbons (Fsp3) is 0.500. The maximum absolute atomic E-state index is 11.2. The average Bonchev–Trinajstić information content (AvgIpc) is 2.17. The Morgan fingerprint density at radius 2 is 2.46 bits per heavy atom. The van der Waals surface area contributed by atoms with E-state index in [1.807, 2.05) is 6.92 Å². The minimum atomic E-state index is -0.462. The quantitative estimate of drug-likeness (QED) is 0.234. The summed E-state index contributed by atoms with van der Waals surface area (Å²) in [5.41, 5.74) is 0. The van der Waals surface area contributed by atoms with E-state index < -0.39 is 5.92 Å². The molecule has 0 aliphatic carbocycles. The molecule has 0 rings (SSSR count). The lowest BCUT2D eigenvalue weighted by molar-refractivity contribution is -0.122.